The van der Waals surface area contributed by atoms with Crippen LogP contribution in [0.1, 0.15) is 13.8 Å². The fourth-order valence-corrected chi connectivity index (χ4v) is 0.102. The summed E-state index contributed by atoms with van der Waals surface area (Å²) in [5, 5.41) is 12.7. The Hall–Kier alpha value is 1.07. The molecule has 0 radical (unpaired) electrons. The Morgan fingerprint density at radius 2 is 1.89 bits per heavy atom. The van der Waals surface area contributed by atoms with Crippen LogP contribution in [0.3, 0.4) is 0 Å². The van der Waals surface area contributed by atoms with Gasteiger partial charge in [0.05, 0.1) is 11.5 Å². The summed E-state index contributed by atoms with van der Waals surface area (Å²) in [6.07, 6.45) is 0. The van der Waals surface area contributed by atoms with Gasteiger partial charge in [-0.1, -0.05) is 0 Å². The van der Waals surface area contributed by atoms with Crippen LogP contribution in [-0.2, 0) is 4.79 Å². The van der Waals surface area contributed by atoms with Crippen molar-refractivity contribution in [1.82, 2.24) is 5.32 Å². The summed E-state index contributed by atoms with van der Waals surface area (Å²) < 4.78 is 0. The van der Waals surface area contributed by atoms with Crippen molar-refractivity contribution in [3.63, 3.8) is 0 Å². The van der Waals surface area contributed by atoms with Crippen LogP contribution in [0.5, 0.6) is 0 Å². The molecule has 0 rings (SSSR count). The van der Waals surface area contributed by atoms with E-state index in [1.54, 1.807) is 20.9 Å². The van der Waals surface area contributed by atoms with Crippen LogP contribution in [0.2, 0.25) is 0 Å². The largest absolute Gasteiger partial charge is 1.00 e. The molecule has 0 saturated heterocycles. The van der Waals surface area contributed by atoms with Gasteiger partial charge in [-0.2, -0.15) is 0 Å². The van der Waals surface area contributed by atoms with E-state index in [0.717, 1.165) is 0 Å². The molecule has 0 aliphatic carbocycles. The monoisotopic (exact) mass is 155 g/mol. The van der Waals surface area contributed by atoms with Gasteiger partial charge in [-0.3, -0.25) is 0 Å². The Balaban J connectivity index is 0. The number of carbonyl (C=O) groups excluding carboxylic acids is 1. The average Bonchev–Trinajstić information content (AvgIpc) is 1.67. The van der Waals surface area contributed by atoms with Crippen LogP contribution < -0.4 is 61.8 Å². The quantitative estimate of drug-likeness (QED) is 0.411. The first kappa shape index (κ1) is 12.7. The maximum atomic E-state index is 10.1. The summed E-state index contributed by atoms with van der Waals surface area (Å²) in [7, 11) is 1.58. The second-order valence-electron chi connectivity index (χ2n) is 2.16. The molecule has 0 aliphatic heterocycles. The van der Waals surface area contributed by atoms with Gasteiger partial charge < -0.3 is 15.2 Å². The number of carboxylic acids is 1. The molecule has 0 saturated carbocycles. The van der Waals surface area contributed by atoms with Crippen molar-refractivity contribution < 1.29 is 61.3 Å². The topological polar surface area (TPSA) is 52.2 Å². The normalized spacial score (nSPS) is 10.1. The van der Waals surface area contributed by atoms with Crippen molar-refractivity contribution in [2.24, 2.45) is 0 Å². The maximum Gasteiger partial charge on any atom is 1.00 e. The van der Waals surface area contributed by atoms with E-state index in [9.17, 15) is 9.90 Å². The van der Waals surface area contributed by atoms with Gasteiger partial charge in [-0.05, 0) is 20.9 Å². The summed E-state index contributed by atoms with van der Waals surface area (Å²) in [5.74, 6) is -1.08. The Labute approximate surface area is 97.6 Å². The van der Waals surface area contributed by atoms with Crippen molar-refractivity contribution in [2.75, 3.05) is 7.05 Å². The van der Waals surface area contributed by atoms with Gasteiger partial charge in [0, 0.05) is 0 Å². The molecular weight excluding hydrogens is 145 g/mol. The Morgan fingerprint density at radius 3 is 1.89 bits per heavy atom. The number of carboxylic acid groups (broad SMARTS) is 1. The number of hydrogen-bond acceptors (Lipinski definition) is 3. The van der Waals surface area contributed by atoms with Crippen molar-refractivity contribution in [3.05, 3.63) is 0 Å². The molecule has 4 heteroatoms. The van der Waals surface area contributed by atoms with E-state index in [-0.39, 0.29) is 51.4 Å². The molecule has 0 amide bonds. The van der Waals surface area contributed by atoms with Gasteiger partial charge in [0.25, 0.3) is 0 Å². The maximum absolute atomic E-state index is 10.1. The molecule has 1 N–H and O–H groups in total. The fourth-order valence-electron chi connectivity index (χ4n) is 0.102. The first-order valence-electron chi connectivity index (χ1n) is 2.41. The van der Waals surface area contributed by atoms with Gasteiger partial charge in [0.1, 0.15) is 0 Å². The number of likely N-dealkylation sites (N-methyl/N-ethyl adjacent to an activating group) is 1. The minimum Gasteiger partial charge on any atom is -0.548 e. The number of rotatable bonds is 2. The van der Waals surface area contributed by atoms with Crippen molar-refractivity contribution in [1.29, 1.82) is 0 Å². The summed E-state index contributed by atoms with van der Waals surface area (Å²) in [5.41, 5.74) is -0.903. The van der Waals surface area contributed by atoms with Crippen molar-refractivity contribution in [3.8, 4) is 0 Å². The molecule has 0 aromatic heterocycles. The van der Waals surface area contributed by atoms with E-state index in [4.69, 9.17) is 0 Å². The van der Waals surface area contributed by atoms with Gasteiger partial charge in [-0.25, -0.2) is 0 Å². The summed E-state index contributed by atoms with van der Waals surface area (Å²) in [4.78, 5) is 10.1. The van der Waals surface area contributed by atoms with Gasteiger partial charge in [0.15, 0.2) is 0 Å². The molecule has 0 bridgehead atoms. The van der Waals surface area contributed by atoms with E-state index in [2.05, 4.69) is 5.32 Å². The molecule has 0 fully saturated rings. The third kappa shape index (κ3) is 4.47. The second kappa shape index (κ2) is 4.82. The molecule has 0 spiro atoms. The van der Waals surface area contributed by atoms with Gasteiger partial charge >= 0.3 is 51.4 Å². The molecule has 0 unspecified atom stereocenters. The third-order valence-electron chi connectivity index (χ3n) is 1.14. The third-order valence-corrected chi connectivity index (χ3v) is 1.14. The van der Waals surface area contributed by atoms with E-state index < -0.39 is 11.5 Å². The standard InChI is InChI=1S/C5H11NO2.K/c1-5(2,6-3)4(7)8;/h6H,1-3H3,(H,7,8);/q;+1/p-1. The van der Waals surface area contributed by atoms with Crippen LogP contribution in [0.4, 0.5) is 0 Å². The zero-order chi connectivity index (χ0) is 6.78. The van der Waals surface area contributed by atoms with E-state index >= 15 is 0 Å². The SMILES string of the molecule is CNC(C)(C)C(=O)[O-].[K+]. The first-order chi connectivity index (χ1) is 3.50. The van der Waals surface area contributed by atoms with Crippen molar-refractivity contribution >= 4 is 5.97 Å². The van der Waals surface area contributed by atoms with Crippen LogP contribution >= 0.6 is 0 Å². The predicted octanol–water partition coefficient (Wildman–Crippen LogP) is -4.26. The van der Waals surface area contributed by atoms with Crippen LogP contribution in [0, 0.1) is 0 Å². The van der Waals surface area contributed by atoms with Gasteiger partial charge in [-0.15, -0.1) is 0 Å². The number of nitrogens with one attached hydrogen (secondary N) is 1. The van der Waals surface area contributed by atoms with Gasteiger partial charge in [0.2, 0.25) is 0 Å². The predicted molar refractivity (Wildman–Crippen MR) is 28.1 cm³/mol. The average molecular weight is 155 g/mol. The molecule has 0 aromatic carbocycles. The Kier molecular flexibility index (Phi) is 6.81. The zero-order valence-electron chi connectivity index (χ0n) is 6.32. The molecule has 48 valence electrons. The van der Waals surface area contributed by atoms with E-state index in [1.165, 1.54) is 0 Å². The van der Waals surface area contributed by atoms with Crippen LogP contribution in [0.25, 0.3) is 0 Å². The van der Waals surface area contributed by atoms with E-state index in [0.29, 0.717) is 0 Å². The molecule has 0 aromatic rings. The molecule has 3 nitrogen and oxygen atoms in total. The fraction of sp³-hybridized carbons (Fsp3) is 0.800. The number of hydrogen-bond donors (Lipinski definition) is 1. The molecule has 0 heterocycles. The molecule has 9 heavy (non-hydrogen) atoms. The first-order valence-corrected chi connectivity index (χ1v) is 2.41. The molecular formula is C5H10KNO2. The number of carbonyl (C=O) groups is 1. The zero-order valence-corrected chi connectivity index (χ0v) is 9.44. The minimum atomic E-state index is -1.08. The molecule has 0 atom stereocenters. The van der Waals surface area contributed by atoms with Crippen LogP contribution in [0.15, 0.2) is 0 Å². The summed E-state index contributed by atoms with van der Waals surface area (Å²) in [6.45, 7) is 3.09. The summed E-state index contributed by atoms with van der Waals surface area (Å²) in [6, 6.07) is 0. The van der Waals surface area contributed by atoms with Crippen LogP contribution in [-0.4, -0.2) is 18.6 Å². The van der Waals surface area contributed by atoms with E-state index in [1.807, 2.05) is 0 Å². The van der Waals surface area contributed by atoms with Crippen molar-refractivity contribution in [2.45, 2.75) is 19.4 Å². The number of aliphatic carboxylic acids is 1. The summed E-state index contributed by atoms with van der Waals surface area (Å²) >= 11 is 0. The Morgan fingerprint density at radius 1 is 1.56 bits per heavy atom. The minimum absolute atomic E-state index is 0. The second-order valence-corrected chi connectivity index (χ2v) is 2.16. The Bertz CT molecular complexity index is 103. The molecule has 0 aliphatic rings. The smallest absolute Gasteiger partial charge is 0.548 e.